The molecule has 0 radical (unpaired) electrons. The van der Waals surface area contributed by atoms with E-state index in [2.05, 4.69) is 24.0 Å². The van der Waals surface area contributed by atoms with Crippen molar-refractivity contribution in [2.45, 2.75) is 64.7 Å². The van der Waals surface area contributed by atoms with Crippen LogP contribution in [0.1, 0.15) is 71.0 Å². The second kappa shape index (κ2) is 5.61. The highest BCUT2D eigenvalue weighted by molar-refractivity contribution is 5.05. The fourth-order valence-electron chi connectivity index (χ4n) is 2.81. The monoisotopic (exact) mass is 265 g/mol. The lowest BCUT2D eigenvalue weighted by Crippen LogP contribution is -2.28. The van der Waals surface area contributed by atoms with Gasteiger partial charge in [-0.1, -0.05) is 19.0 Å². The highest BCUT2D eigenvalue weighted by Gasteiger charge is 2.30. The average molecular weight is 265 g/mol. The van der Waals surface area contributed by atoms with Crippen molar-refractivity contribution >= 4 is 0 Å². The van der Waals surface area contributed by atoms with Gasteiger partial charge < -0.3 is 10.3 Å². The van der Waals surface area contributed by atoms with Crippen molar-refractivity contribution in [1.82, 2.24) is 10.1 Å². The van der Waals surface area contributed by atoms with Crippen molar-refractivity contribution in [3.8, 4) is 0 Å². The molecule has 0 aliphatic heterocycles. The summed E-state index contributed by atoms with van der Waals surface area (Å²) in [4.78, 5) is 4.59. The van der Waals surface area contributed by atoms with Crippen LogP contribution in [-0.2, 0) is 5.41 Å². The van der Waals surface area contributed by atoms with Crippen LogP contribution in [0.4, 0.5) is 0 Å². The van der Waals surface area contributed by atoms with Gasteiger partial charge in [-0.2, -0.15) is 4.98 Å². The van der Waals surface area contributed by atoms with E-state index in [1.165, 1.54) is 25.7 Å². The van der Waals surface area contributed by atoms with Gasteiger partial charge in [-0.05, 0) is 51.4 Å². The Morgan fingerprint density at radius 2 is 1.89 bits per heavy atom. The summed E-state index contributed by atoms with van der Waals surface area (Å²) in [7, 11) is 0. The first-order chi connectivity index (χ1) is 8.94. The van der Waals surface area contributed by atoms with Crippen LogP contribution in [0.2, 0.25) is 0 Å². The summed E-state index contributed by atoms with van der Waals surface area (Å²) >= 11 is 0. The average Bonchev–Trinajstić information content (AvgIpc) is 2.89. The molecule has 2 N–H and O–H groups in total. The quantitative estimate of drug-likeness (QED) is 0.907. The zero-order valence-corrected chi connectivity index (χ0v) is 12.6. The largest absolute Gasteiger partial charge is 0.339 e. The minimum atomic E-state index is -0.222. The van der Waals surface area contributed by atoms with Crippen molar-refractivity contribution in [3.63, 3.8) is 0 Å². The first kappa shape index (κ1) is 14.5. The van der Waals surface area contributed by atoms with Crippen molar-refractivity contribution in [2.75, 3.05) is 6.54 Å². The normalized spacial score (nSPS) is 24.9. The van der Waals surface area contributed by atoms with Gasteiger partial charge in [0.05, 0.1) is 5.41 Å². The zero-order valence-electron chi connectivity index (χ0n) is 12.6. The minimum Gasteiger partial charge on any atom is -0.339 e. The molecular weight excluding hydrogens is 238 g/mol. The second-order valence-electron chi connectivity index (χ2n) is 6.90. The van der Waals surface area contributed by atoms with Crippen molar-refractivity contribution in [1.29, 1.82) is 0 Å². The van der Waals surface area contributed by atoms with Crippen molar-refractivity contribution < 1.29 is 4.52 Å². The standard InChI is InChI=1S/C15H27N3O/c1-10(2)11-5-7-12(8-6-11)13-17-14(19-18-13)15(3,4)9-16/h10-12H,5-9,16H2,1-4H3. The molecule has 1 saturated carbocycles. The Morgan fingerprint density at radius 1 is 1.26 bits per heavy atom. The summed E-state index contributed by atoms with van der Waals surface area (Å²) in [6.45, 7) is 9.25. The Balaban J connectivity index is 2.01. The smallest absolute Gasteiger partial charge is 0.233 e. The highest BCUT2D eigenvalue weighted by atomic mass is 16.5. The predicted molar refractivity (Wildman–Crippen MR) is 75.9 cm³/mol. The first-order valence-electron chi connectivity index (χ1n) is 7.48. The van der Waals surface area contributed by atoms with Crippen molar-refractivity contribution in [2.24, 2.45) is 17.6 Å². The van der Waals surface area contributed by atoms with Crippen LogP contribution in [0.5, 0.6) is 0 Å². The fourth-order valence-corrected chi connectivity index (χ4v) is 2.81. The van der Waals surface area contributed by atoms with E-state index < -0.39 is 0 Å². The van der Waals surface area contributed by atoms with Crippen LogP contribution >= 0.6 is 0 Å². The lowest BCUT2D eigenvalue weighted by atomic mass is 9.77. The summed E-state index contributed by atoms with van der Waals surface area (Å²) in [6, 6.07) is 0. The first-order valence-corrected chi connectivity index (χ1v) is 7.48. The van der Waals surface area contributed by atoms with E-state index in [9.17, 15) is 0 Å². The molecule has 0 unspecified atom stereocenters. The van der Waals surface area contributed by atoms with Gasteiger partial charge >= 0.3 is 0 Å². The molecule has 2 rings (SSSR count). The van der Waals surface area contributed by atoms with Crippen LogP contribution in [0.15, 0.2) is 4.52 Å². The van der Waals surface area contributed by atoms with Gasteiger partial charge in [0.15, 0.2) is 5.82 Å². The maximum Gasteiger partial charge on any atom is 0.233 e. The number of nitrogens with two attached hydrogens (primary N) is 1. The third-order valence-electron chi connectivity index (χ3n) is 4.61. The Labute approximate surface area is 116 Å². The summed E-state index contributed by atoms with van der Waals surface area (Å²) in [5.74, 6) is 3.69. The summed E-state index contributed by atoms with van der Waals surface area (Å²) in [5.41, 5.74) is 5.53. The molecule has 0 saturated heterocycles. The molecule has 0 amide bonds. The molecule has 0 spiro atoms. The molecule has 0 atom stereocenters. The maximum atomic E-state index is 5.75. The van der Waals surface area contributed by atoms with Crippen LogP contribution < -0.4 is 5.73 Å². The second-order valence-corrected chi connectivity index (χ2v) is 6.90. The van der Waals surface area contributed by atoms with Gasteiger partial charge in [0.1, 0.15) is 0 Å². The van der Waals surface area contributed by atoms with Gasteiger partial charge in [-0.15, -0.1) is 0 Å². The van der Waals surface area contributed by atoms with E-state index in [0.717, 1.165) is 17.7 Å². The van der Waals surface area contributed by atoms with Gasteiger partial charge in [0.25, 0.3) is 0 Å². The van der Waals surface area contributed by atoms with Crippen LogP contribution in [0.3, 0.4) is 0 Å². The Morgan fingerprint density at radius 3 is 2.42 bits per heavy atom. The zero-order chi connectivity index (χ0) is 14.0. The molecule has 1 aromatic rings. The van der Waals surface area contributed by atoms with Gasteiger partial charge in [-0.25, -0.2) is 0 Å². The molecule has 1 fully saturated rings. The molecule has 4 nitrogen and oxygen atoms in total. The molecule has 0 bridgehead atoms. The van der Waals surface area contributed by atoms with Gasteiger partial charge in [-0.3, -0.25) is 0 Å². The third kappa shape index (κ3) is 3.16. The highest BCUT2D eigenvalue weighted by Crippen LogP contribution is 2.38. The molecular formula is C15H27N3O. The van der Waals surface area contributed by atoms with E-state index in [-0.39, 0.29) is 5.41 Å². The van der Waals surface area contributed by atoms with Crippen LogP contribution in [0, 0.1) is 11.8 Å². The maximum absolute atomic E-state index is 5.75. The molecule has 1 aromatic heterocycles. The SMILES string of the molecule is CC(C)C1CCC(c2noc(C(C)(C)CN)n2)CC1. The molecule has 19 heavy (non-hydrogen) atoms. The van der Waals surface area contributed by atoms with Gasteiger partial charge in [0, 0.05) is 12.5 Å². The summed E-state index contributed by atoms with van der Waals surface area (Å²) in [5, 5.41) is 4.18. The van der Waals surface area contributed by atoms with Crippen LogP contribution in [0.25, 0.3) is 0 Å². The summed E-state index contributed by atoms with van der Waals surface area (Å²) < 4.78 is 5.41. The molecule has 1 heterocycles. The number of rotatable bonds is 4. The Bertz CT molecular complexity index is 403. The van der Waals surface area contributed by atoms with E-state index >= 15 is 0 Å². The molecule has 1 aliphatic rings. The predicted octanol–water partition coefficient (Wildman–Crippen LogP) is 3.24. The van der Waals surface area contributed by atoms with Gasteiger partial charge in [0.2, 0.25) is 5.89 Å². The molecule has 4 heteroatoms. The topological polar surface area (TPSA) is 64.9 Å². The Hall–Kier alpha value is -0.900. The van der Waals surface area contributed by atoms with E-state index in [1.807, 2.05) is 13.8 Å². The fraction of sp³-hybridized carbons (Fsp3) is 0.867. The summed E-state index contributed by atoms with van der Waals surface area (Å²) in [6.07, 6.45) is 4.94. The lowest BCUT2D eigenvalue weighted by Gasteiger charge is -2.29. The Kier molecular flexibility index (Phi) is 4.29. The molecule has 0 aromatic carbocycles. The number of hydrogen-bond donors (Lipinski definition) is 1. The number of aromatic nitrogens is 2. The number of nitrogens with zero attached hydrogens (tertiary/aromatic N) is 2. The van der Waals surface area contributed by atoms with E-state index in [4.69, 9.17) is 10.3 Å². The number of hydrogen-bond acceptors (Lipinski definition) is 4. The van der Waals surface area contributed by atoms with Crippen LogP contribution in [-0.4, -0.2) is 16.7 Å². The van der Waals surface area contributed by atoms with Crippen molar-refractivity contribution in [3.05, 3.63) is 11.7 Å². The van der Waals surface area contributed by atoms with E-state index in [1.54, 1.807) is 0 Å². The minimum absolute atomic E-state index is 0.222. The third-order valence-corrected chi connectivity index (χ3v) is 4.61. The molecule has 1 aliphatic carbocycles. The lowest BCUT2D eigenvalue weighted by molar-refractivity contribution is 0.250. The molecule has 108 valence electrons. The van der Waals surface area contributed by atoms with E-state index in [0.29, 0.717) is 18.4 Å².